The number of sulfonamides is 1. The number of ether oxygens (including phenoxy) is 2. The van der Waals surface area contributed by atoms with Crippen molar-refractivity contribution in [3.63, 3.8) is 0 Å². The van der Waals surface area contributed by atoms with Crippen LogP contribution in [0.15, 0.2) is 115 Å². The molecule has 0 amide bonds. The number of rotatable bonds is 10. The summed E-state index contributed by atoms with van der Waals surface area (Å²) < 4.78 is 40.8. The molecule has 0 bridgehead atoms. The zero-order chi connectivity index (χ0) is 46.1. The van der Waals surface area contributed by atoms with E-state index in [1.165, 1.54) is 0 Å². The number of nitriles is 1. The molecular formula is C48H52Cl2N8O6S. The van der Waals surface area contributed by atoms with Gasteiger partial charge in [0.05, 0.1) is 41.7 Å². The monoisotopic (exact) mass is 938 g/mol. The minimum atomic E-state index is -3.67. The van der Waals surface area contributed by atoms with Crippen LogP contribution in [0.25, 0.3) is 0 Å². The number of aromatic amines is 2. The molecule has 14 nitrogen and oxygen atoms in total. The summed E-state index contributed by atoms with van der Waals surface area (Å²) >= 11 is 12.3. The molecule has 2 aromatic heterocycles. The van der Waals surface area contributed by atoms with Crippen molar-refractivity contribution in [1.82, 2.24) is 24.2 Å². The molecule has 17 heteroatoms. The van der Waals surface area contributed by atoms with Crippen molar-refractivity contribution in [3.8, 4) is 17.6 Å². The number of aliphatic hydroxyl groups is 2. The van der Waals surface area contributed by atoms with E-state index in [1.807, 2.05) is 69.0 Å². The Morgan fingerprint density at radius 1 is 0.723 bits per heavy atom. The maximum atomic E-state index is 13.5. The Bertz CT molecular complexity index is 2720. The van der Waals surface area contributed by atoms with Crippen molar-refractivity contribution in [3.05, 3.63) is 148 Å². The van der Waals surface area contributed by atoms with Gasteiger partial charge in [-0.2, -0.15) is 9.57 Å². The molecule has 0 saturated carbocycles. The zero-order valence-corrected chi connectivity index (χ0v) is 38.9. The number of H-pyrrole nitrogens is 2. The number of hydrogen-bond donors (Lipinski definition) is 4. The number of imidazole rings is 2. The molecule has 4 N–H and O–H groups in total. The average molecular weight is 940 g/mol. The van der Waals surface area contributed by atoms with Crippen molar-refractivity contribution < 1.29 is 28.1 Å². The molecule has 65 heavy (non-hydrogen) atoms. The maximum absolute atomic E-state index is 13.5. The third kappa shape index (κ3) is 9.70. The first-order chi connectivity index (χ1) is 31.1. The largest absolute Gasteiger partial charge is 0.485 e. The Balaban J connectivity index is 0.000000181. The number of aromatic nitrogens is 4. The second kappa shape index (κ2) is 18.7. The number of nitrogens with zero attached hydrogens (tertiary/aromatic N) is 6. The van der Waals surface area contributed by atoms with Gasteiger partial charge in [-0.1, -0.05) is 29.6 Å². The molecule has 6 aromatic rings. The Hall–Kier alpha value is -5.60. The van der Waals surface area contributed by atoms with Gasteiger partial charge < -0.3 is 39.5 Å². The normalized spacial score (nSPS) is 21.0. The number of piperidine rings is 1. The Morgan fingerprint density at radius 3 is 1.63 bits per heavy atom. The van der Waals surface area contributed by atoms with Gasteiger partial charge in [0.25, 0.3) is 0 Å². The summed E-state index contributed by atoms with van der Waals surface area (Å²) in [5.74, 6) is 2.67. The predicted octanol–water partition coefficient (Wildman–Crippen LogP) is 8.73. The topological polar surface area (TPSA) is 184 Å². The van der Waals surface area contributed by atoms with Crippen molar-refractivity contribution in [2.24, 2.45) is 0 Å². The molecule has 340 valence electrons. The Kier molecular flexibility index (Phi) is 13.2. The van der Waals surface area contributed by atoms with Gasteiger partial charge in [0.1, 0.15) is 46.6 Å². The summed E-state index contributed by atoms with van der Waals surface area (Å²) in [5.41, 5.74) is 1.84. The number of anilines is 2. The van der Waals surface area contributed by atoms with E-state index in [0.29, 0.717) is 64.7 Å². The number of halogens is 2. The summed E-state index contributed by atoms with van der Waals surface area (Å²) in [7, 11) is -3.67. The standard InChI is InChI=1S/C26H31ClN4O4S.C22H21ClN4O2/c1-26(2)25(32)24(31(17-23-28-12-13-29-23)19-8-6-18(27)7-9-19)21-16-20(10-11-22(21)35-26)36(33,34)30-14-4-3-5-15-30;1-22(2)21(28)20(17-11-14(12-24)3-8-18(17)29-22)27(13-19-25-9-10-26-19)16-6-4-15(23)5-7-16/h6-13,16,24-25,32H,3-5,14-15,17H2,1-2H3,(H,28,29);3-11,20-21,28H,13H2,1-2H3,(H,25,26)/t24-,25+;/m1./s1. The summed E-state index contributed by atoms with van der Waals surface area (Å²) in [6.45, 7) is 9.21. The van der Waals surface area contributed by atoms with Crippen LogP contribution in [-0.4, -0.2) is 79.4 Å². The summed E-state index contributed by atoms with van der Waals surface area (Å²) in [6, 6.07) is 26.2. The van der Waals surface area contributed by atoms with Gasteiger partial charge in [0, 0.05) is 70.4 Å². The van der Waals surface area contributed by atoms with Crippen molar-refractivity contribution in [2.75, 3.05) is 22.9 Å². The molecule has 5 heterocycles. The molecule has 4 aromatic carbocycles. The van der Waals surface area contributed by atoms with Crippen LogP contribution in [0.1, 0.15) is 87.4 Å². The highest BCUT2D eigenvalue weighted by molar-refractivity contribution is 7.89. The summed E-state index contributed by atoms with van der Waals surface area (Å²) in [6.07, 6.45) is 7.82. The summed E-state index contributed by atoms with van der Waals surface area (Å²) in [4.78, 5) is 19.3. The van der Waals surface area contributed by atoms with Crippen LogP contribution >= 0.6 is 23.2 Å². The molecular weight excluding hydrogens is 888 g/mol. The van der Waals surface area contributed by atoms with Gasteiger partial charge in [0.15, 0.2) is 0 Å². The molecule has 0 aliphatic carbocycles. The fraction of sp³-hybridized carbons (Fsp3) is 0.354. The molecule has 3 aliphatic heterocycles. The number of fused-ring (bicyclic) bond motifs is 2. The first-order valence-electron chi connectivity index (χ1n) is 21.5. The van der Waals surface area contributed by atoms with E-state index < -0.39 is 45.5 Å². The third-order valence-corrected chi connectivity index (χ3v) is 14.6. The predicted molar refractivity (Wildman–Crippen MR) is 250 cm³/mol. The molecule has 0 radical (unpaired) electrons. The fourth-order valence-corrected chi connectivity index (χ4v) is 10.5. The lowest BCUT2D eigenvalue weighted by molar-refractivity contribution is -0.0591. The third-order valence-electron chi connectivity index (χ3n) is 12.2. The molecule has 9 rings (SSSR count). The zero-order valence-electron chi connectivity index (χ0n) is 36.5. The number of hydrogen-bond acceptors (Lipinski definition) is 11. The van der Waals surface area contributed by atoms with E-state index in [0.717, 1.165) is 42.0 Å². The lowest BCUT2D eigenvalue weighted by atomic mass is 9.84. The Morgan fingerprint density at radius 2 is 1.18 bits per heavy atom. The molecule has 0 spiro atoms. The quantitative estimate of drug-likeness (QED) is 0.103. The fourth-order valence-electron chi connectivity index (χ4n) is 8.73. The van der Waals surface area contributed by atoms with Crippen LogP contribution in [0, 0.1) is 11.3 Å². The van der Waals surface area contributed by atoms with Crippen molar-refractivity contribution >= 4 is 44.6 Å². The van der Waals surface area contributed by atoms with Crippen molar-refractivity contribution in [1.29, 1.82) is 5.26 Å². The summed E-state index contributed by atoms with van der Waals surface area (Å²) in [5, 5.41) is 33.6. The minimum absolute atomic E-state index is 0.206. The van der Waals surface area contributed by atoms with E-state index in [4.69, 9.17) is 32.7 Å². The molecule has 3 aliphatic rings. The minimum Gasteiger partial charge on any atom is -0.485 e. The van der Waals surface area contributed by atoms with Crippen LogP contribution in [0.4, 0.5) is 11.4 Å². The van der Waals surface area contributed by atoms with Crippen LogP contribution in [0.5, 0.6) is 11.5 Å². The highest BCUT2D eigenvalue weighted by Crippen LogP contribution is 2.47. The van der Waals surface area contributed by atoms with E-state index in [9.17, 15) is 23.9 Å². The van der Waals surface area contributed by atoms with Crippen LogP contribution in [0.3, 0.4) is 0 Å². The highest BCUT2D eigenvalue weighted by atomic mass is 35.5. The van der Waals surface area contributed by atoms with Gasteiger partial charge in [-0.05, 0) is 125 Å². The van der Waals surface area contributed by atoms with E-state index in [1.54, 1.807) is 77.6 Å². The average Bonchev–Trinajstić information content (AvgIpc) is 4.02. The van der Waals surface area contributed by atoms with Crippen LogP contribution < -0.4 is 19.3 Å². The van der Waals surface area contributed by atoms with E-state index >= 15 is 0 Å². The van der Waals surface area contributed by atoms with Crippen LogP contribution in [-0.2, 0) is 23.1 Å². The number of nitrogens with one attached hydrogen (secondary N) is 2. The van der Waals surface area contributed by atoms with E-state index in [-0.39, 0.29) is 4.90 Å². The second-order valence-corrected chi connectivity index (χ2v) is 20.3. The van der Waals surface area contributed by atoms with Gasteiger partial charge >= 0.3 is 0 Å². The lowest BCUT2D eigenvalue weighted by Gasteiger charge is -2.47. The smallest absolute Gasteiger partial charge is 0.243 e. The van der Waals surface area contributed by atoms with Crippen molar-refractivity contribution in [2.45, 2.75) is 100 Å². The molecule has 1 saturated heterocycles. The van der Waals surface area contributed by atoms with Gasteiger partial charge in [0.2, 0.25) is 10.0 Å². The van der Waals surface area contributed by atoms with Gasteiger partial charge in [-0.15, -0.1) is 0 Å². The maximum Gasteiger partial charge on any atom is 0.243 e. The first kappa shape index (κ1) is 45.9. The van der Waals surface area contributed by atoms with Crippen LogP contribution in [0.2, 0.25) is 10.0 Å². The SMILES string of the molecule is CC1(C)Oc2ccc(C#N)cc2C(N(Cc2ncc[nH]2)c2ccc(Cl)cc2)C1O.CC1(C)Oc2ccc(S(=O)(=O)N3CCCCC3)cc2[C@@H](N(Cc2ncc[nH]2)c2ccc(Cl)cc2)[C@@H]1O. The lowest BCUT2D eigenvalue weighted by Crippen LogP contribution is -2.53. The second-order valence-electron chi connectivity index (χ2n) is 17.5. The number of benzene rings is 4. The van der Waals surface area contributed by atoms with Gasteiger partial charge in [-0.3, -0.25) is 0 Å². The Labute approximate surface area is 389 Å². The van der Waals surface area contributed by atoms with Gasteiger partial charge in [-0.25, -0.2) is 18.4 Å². The first-order valence-corrected chi connectivity index (χ1v) is 23.7. The molecule has 4 atom stereocenters. The molecule has 1 fully saturated rings. The molecule has 2 unspecified atom stereocenters. The van der Waals surface area contributed by atoms with E-state index in [2.05, 4.69) is 30.9 Å². The number of aliphatic hydroxyl groups excluding tert-OH is 2. The highest BCUT2D eigenvalue weighted by Gasteiger charge is 2.48.